The molecule has 0 bridgehead atoms. The Labute approximate surface area is 68.0 Å². The summed E-state index contributed by atoms with van der Waals surface area (Å²) in [5, 5.41) is 18.3. The van der Waals surface area contributed by atoms with Gasteiger partial charge in [-0.15, -0.1) is 0 Å². The maximum absolute atomic E-state index is 10.9. The second kappa shape index (κ2) is 2.06. The van der Waals surface area contributed by atoms with Crippen LogP contribution in [-0.4, -0.2) is 16.2 Å². The van der Waals surface area contributed by atoms with Gasteiger partial charge >= 0.3 is 11.9 Å². The van der Waals surface area contributed by atoms with E-state index < -0.39 is 11.9 Å². The first-order chi connectivity index (χ1) is 5.61. The van der Waals surface area contributed by atoms with E-state index >= 15 is 0 Å². The number of benzene rings is 1. The first-order valence-electron chi connectivity index (χ1n) is 3.39. The molecule has 62 valence electrons. The van der Waals surface area contributed by atoms with E-state index in [-0.39, 0.29) is 11.1 Å². The van der Waals surface area contributed by atoms with Crippen LogP contribution in [0.25, 0.3) is 0 Å². The van der Waals surface area contributed by atoms with Crippen LogP contribution in [0, 0.1) is 0 Å². The van der Waals surface area contributed by atoms with Crippen LogP contribution in [0.3, 0.4) is 0 Å². The van der Waals surface area contributed by atoms with Crippen molar-refractivity contribution in [2.75, 3.05) is 0 Å². The first-order valence-corrected chi connectivity index (χ1v) is 3.39. The number of ether oxygens (including phenoxy) is 1. The second-order valence-corrected chi connectivity index (χ2v) is 2.54. The average Bonchev–Trinajstić information content (AvgIpc) is 2.25. The van der Waals surface area contributed by atoms with Gasteiger partial charge in [0.2, 0.25) is 0 Å². The van der Waals surface area contributed by atoms with Crippen LogP contribution in [0.4, 0.5) is 0 Å². The Hall–Kier alpha value is -1.39. The fraction of sp³-hybridized carbons (Fsp3) is 0.125. The van der Waals surface area contributed by atoms with E-state index in [0.717, 1.165) is 0 Å². The van der Waals surface area contributed by atoms with Crippen LogP contribution in [0.2, 0.25) is 0 Å². The summed E-state index contributed by atoms with van der Waals surface area (Å²) in [5.41, 5.74) is 0.289. The van der Waals surface area contributed by atoms with Crippen molar-refractivity contribution >= 4 is 5.97 Å². The smallest absolute Gasteiger partial charge is 0.354 e. The molecule has 0 saturated heterocycles. The number of cyclic esters (lactones) is 1. The molecule has 0 aliphatic carbocycles. The van der Waals surface area contributed by atoms with Crippen LogP contribution in [-0.2, 0) is 10.7 Å². The molecular formula is C8H6O4. The van der Waals surface area contributed by atoms with E-state index in [4.69, 9.17) is 10.2 Å². The van der Waals surface area contributed by atoms with Gasteiger partial charge in [0.05, 0.1) is 11.1 Å². The van der Waals surface area contributed by atoms with Gasteiger partial charge in [0.15, 0.2) is 0 Å². The first kappa shape index (κ1) is 7.27. The minimum absolute atomic E-state index is 0.0926. The van der Waals surface area contributed by atoms with Gasteiger partial charge in [0.25, 0.3) is 0 Å². The summed E-state index contributed by atoms with van der Waals surface area (Å²) >= 11 is 0. The standard InChI is InChI=1S/C8H6O4/c9-7-5-3-1-2-4-6(5)8(10,11)12-7/h1-4,10-11H. The van der Waals surface area contributed by atoms with Crippen molar-refractivity contribution in [1.29, 1.82) is 0 Å². The molecule has 1 aliphatic heterocycles. The highest BCUT2D eigenvalue weighted by molar-refractivity contribution is 5.94. The molecule has 4 heteroatoms. The molecule has 2 N–H and O–H groups in total. The van der Waals surface area contributed by atoms with E-state index in [1.54, 1.807) is 12.1 Å². The minimum Gasteiger partial charge on any atom is -0.400 e. The van der Waals surface area contributed by atoms with Gasteiger partial charge in [-0.25, -0.2) is 4.79 Å². The quantitative estimate of drug-likeness (QED) is 0.419. The van der Waals surface area contributed by atoms with Gasteiger partial charge in [-0.1, -0.05) is 12.1 Å². The predicted molar refractivity (Wildman–Crippen MR) is 38.0 cm³/mol. The second-order valence-electron chi connectivity index (χ2n) is 2.54. The molecule has 0 amide bonds. The molecular weight excluding hydrogens is 160 g/mol. The molecule has 0 radical (unpaired) electrons. The van der Waals surface area contributed by atoms with Crippen molar-refractivity contribution in [2.45, 2.75) is 5.97 Å². The fourth-order valence-electron chi connectivity index (χ4n) is 1.18. The van der Waals surface area contributed by atoms with Crippen molar-refractivity contribution in [3.05, 3.63) is 35.4 Å². The lowest BCUT2D eigenvalue weighted by Gasteiger charge is -2.12. The van der Waals surface area contributed by atoms with Gasteiger partial charge in [0, 0.05) is 0 Å². The van der Waals surface area contributed by atoms with Gasteiger partial charge in [-0.05, 0) is 12.1 Å². The number of hydrogen-bond acceptors (Lipinski definition) is 4. The molecule has 0 unspecified atom stereocenters. The minimum atomic E-state index is -2.45. The van der Waals surface area contributed by atoms with Crippen LogP contribution < -0.4 is 0 Å². The summed E-state index contributed by atoms with van der Waals surface area (Å²) in [4.78, 5) is 10.9. The summed E-state index contributed by atoms with van der Waals surface area (Å²) in [6.45, 7) is 0. The number of rotatable bonds is 0. The normalized spacial score (nSPS) is 18.7. The average molecular weight is 166 g/mol. The van der Waals surface area contributed by atoms with E-state index in [0.29, 0.717) is 0 Å². The maximum atomic E-state index is 10.9. The molecule has 1 aromatic carbocycles. The number of carbonyl (C=O) groups excluding carboxylic acids is 1. The summed E-state index contributed by atoms with van der Waals surface area (Å²) in [7, 11) is 0. The third kappa shape index (κ3) is 0.823. The molecule has 0 fully saturated rings. The van der Waals surface area contributed by atoms with Gasteiger partial charge < -0.3 is 14.9 Å². The Morgan fingerprint density at radius 3 is 2.58 bits per heavy atom. The van der Waals surface area contributed by atoms with Crippen molar-refractivity contribution in [1.82, 2.24) is 0 Å². The summed E-state index contributed by atoms with van der Waals surface area (Å²) in [5.74, 6) is -3.16. The number of esters is 1. The Morgan fingerprint density at radius 2 is 1.92 bits per heavy atom. The summed E-state index contributed by atoms with van der Waals surface area (Å²) in [6, 6.07) is 6.13. The highest BCUT2D eigenvalue weighted by atomic mass is 16.8. The van der Waals surface area contributed by atoms with Gasteiger partial charge in [0.1, 0.15) is 0 Å². The molecule has 0 atom stereocenters. The number of carbonyl (C=O) groups is 1. The lowest BCUT2D eigenvalue weighted by molar-refractivity contribution is -0.311. The molecule has 0 saturated carbocycles. The number of fused-ring (bicyclic) bond motifs is 1. The van der Waals surface area contributed by atoms with E-state index in [2.05, 4.69) is 4.74 Å². The zero-order valence-electron chi connectivity index (χ0n) is 6.02. The lowest BCUT2D eigenvalue weighted by Crippen LogP contribution is -2.24. The van der Waals surface area contributed by atoms with E-state index in [1.807, 2.05) is 0 Å². The number of hydrogen-bond donors (Lipinski definition) is 2. The monoisotopic (exact) mass is 166 g/mol. The van der Waals surface area contributed by atoms with Crippen molar-refractivity contribution in [3.8, 4) is 0 Å². The molecule has 4 nitrogen and oxygen atoms in total. The van der Waals surface area contributed by atoms with Crippen molar-refractivity contribution in [2.24, 2.45) is 0 Å². The van der Waals surface area contributed by atoms with Crippen LogP contribution in [0.1, 0.15) is 15.9 Å². The SMILES string of the molecule is O=C1OC(O)(O)c2ccccc21. The zero-order valence-corrected chi connectivity index (χ0v) is 6.02. The van der Waals surface area contributed by atoms with Crippen LogP contribution in [0.5, 0.6) is 0 Å². The Balaban J connectivity index is 2.66. The third-order valence-electron chi connectivity index (χ3n) is 1.73. The largest absolute Gasteiger partial charge is 0.400 e. The molecule has 2 rings (SSSR count). The zero-order chi connectivity index (χ0) is 8.77. The molecule has 0 spiro atoms. The van der Waals surface area contributed by atoms with Crippen molar-refractivity contribution < 1.29 is 19.7 Å². The van der Waals surface area contributed by atoms with Crippen molar-refractivity contribution in [3.63, 3.8) is 0 Å². The summed E-state index contributed by atoms with van der Waals surface area (Å²) < 4.78 is 4.29. The molecule has 1 aliphatic rings. The van der Waals surface area contributed by atoms with Crippen LogP contribution in [0.15, 0.2) is 24.3 Å². The van der Waals surface area contributed by atoms with Crippen LogP contribution >= 0.6 is 0 Å². The Bertz CT molecular complexity index is 343. The van der Waals surface area contributed by atoms with E-state index in [9.17, 15) is 4.79 Å². The topological polar surface area (TPSA) is 66.8 Å². The molecule has 12 heavy (non-hydrogen) atoms. The number of aliphatic hydroxyl groups is 2. The van der Waals surface area contributed by atoms with Gasteiger partial charge in [-0.3, -0.25) is 0 Å². The van der Waals surface area contributed by atoms with E-state index in [1.165, 1.54) is 12.1 Å². The third-order valence-corrected chi connectivity index (χ3v) is 1.73. The molecule has 0 aromatic heterocycles. The molecule has 1 heterocycles. The highest BCUT2D eigenvalue weighted by Gasteiger charge is 2.42. The molecule has 1 aromatic rings. The summed E-state index contributed by atoms with van der Waals surface area (Å²) in [6.07, 6.45) is 0. The highest BCUT2D eigenvalue weighted by Crippen LogP contribution is 2.31. The lowest BCUT2D eigenvalue weighted by atomic mass is 10.1. The fourth-order valence-corrected chi connectivity index (χ4v) is 1.18. The Kier molecular flexibility index (Phi) is 1.25. The Morgan fingerprint density at radius 1 is 1.25 bits per heavy atom. The predicted octanol–water partition coefficient (Wildman–Crippen LogP) is -0.0481. The maximum Gasteiger partial charge on any atom is 0.354 e. The van der Waals surface area contributed by atoms with Gasteiger partial charge in [-0.2, -0.15) is 0 Å².